The Labute approximate surface area is 123 Å². The monoisotopic (exact) mass is 295 g/mol. The molecule has 6 nitrogen and oxygen atoms in total. The van der Waals surface area contributed by atoms with Crippen LogP contribution >= 0.6 is 0 Å². The summed E-state index contributed by atoms with van der Waals surface area (Å²) in [5, 5.41) is 30.8. The number of nitrogens with one attached hydrogen (secondary N) is 1. The molecule has 0 saturated heterocycles. The molecule has 21 heavy (non-hydrogen) atoms. The maximum Gasteiger partial charge on any atom is 0.308 e. The Morgan fingerprint density at radius 2 is 1.71 bits per heavy atom. The van der Waals surface area contributed by atoms with E-state index in [-0.39, 0.29) is 29.0 Å². The van der Waals surface area contributed by atoms with E-state index in [1.54, 1.807) is 0 Å². The van der Waals surface area contributed by atoms with Gasteiger partial charge in [-0.3, -0.25) is 9.59 Å². The number of hydrogen-bond donors (Lipinski definition) is 4. The molecule has 116 valence electrons. The van der Waals surface area contributed by atoms with Crippen LogP contribution in [0, 0.1) is 11.3 Å². The van der Waals surface area contributed by atoms with Crippen LogP contribution in [-0.4, -0.2) is 33.7 Å². The van der Waals surface area contributed by atoms with Gasteiger partial charge in [-0.2, -0.15) is 0 Å². The molecule has 4 N–H and O–H groups in total. The number of rotatable bonds is 5. The molecule has 0 aliphatic rings. The third-order valence-electron chi connectivity index (χ3n) is 2.96. The Morgan fingerprint density at radius 1 is 1.19 bits per heavy atom. The smallest absolute Gasteiger partial charge is 0.308 e. The SMILES string of the molecule is CC(C)(C)CC(CNC(=O)c1c(O)cccc1O)C(=O)O. The molecule has 1 aromatic rings. The predicted octanol–water partition coefficient (Wildman–Crippen LogP) is 1.96. The fraction of sp³-hybridized carbons (Fsp3) is 0.467. The Hall–Kier alpha value is -2.24. The van der Waals surface area contributed by atoms with Crippen LogP contribution in [0.25, 0.3) is 0 Å². The second kappa shape index (κ2) is 6.47. The van der Waals surface area contributed by atoms with E-state index in [0.717, 1.165) is 0 Å². The lowest BCUT2D eigenvalue weighted by Crippen LogP contribution is -2.35. The summed E-state index contributed by atoms with van der Waals surface area (Å²) in [7, 11) is 0. The fourth-order valence-corrected chi connectivity index (χ4v) is 2.05. The van der Waals surface area contributed by atoms with E-state index < -0.39 is 17.8 Å². The van der Waals surface area contributed by atoms with Gasteiger partial charge in [-0.05, 0) is 24.0 Å². The Kier molecular flexibility index (Phi) is 5.18. The second-order valence-electron chi connectivity index (χ2n) is 6.18. The Balaban J connectivity index is 2.77. The number of aromatic hydroxyl groups is 2. The van der Waals surface area contributed by atoms with Crippen molar-refractivity contribution in [3.63, 3.8) is 0 Å². The largest absolute Gasteiger partial charge is 0.507 e. The number of hydrogen-bond acceptors (Lipinski definition) is 4. The highest BCUT2D eigenvalue weighted by atomic mass is 16.4. The first-order valence-electron chi connectivity index (χ1n) is 6.64. The fourth-order valence-electron chi connectivity index (χ4n) is 2.05. The average Bonchev–Trinajstić information content (AvgIpc) is 2.32. The summed E-state index contributed by atoms with van der Waals surface area (Å²) >= 11 is 0. The van der Waals surface area contributed by atoms with Crippen molar-refractivity contribution in [2.45, 2.75) is 27.2 Å². The first kappa shape index (κ1) is 16.8. The van der Waals surface area contributed by atoms with Gasteiger partial charge in [-0.15, -0.1) is 0 Å². The minimum absolute atomic E-state index is 0.0702. The number of carboxylic acid groups (broad SMARTS) is 1. The van der Waals surface area contributed by atoms with E-state index in [4.69, 9.17) is 0 Å². The van der Waals surface area contributed by atoms with Gasteiger partial charge in [-0.25, -0.2) is 0 Å². The van der Waals surface area contributed by atoms with Gasteiger partial charge in [-0.1, -0.05) is 26.8 Å². The quantitative estimate of drug-likeness (QED) is 0.664. The number of amides is 1. The van der Waals surface area contributed by atoms with Crippen LogP contribution in [0.3, 0.4) is 0 Å². The van der Waals surface area contributed by atoms with E-state index in [0.29, 0.717) is 6.42 Å². The molecular weight excluding hydrogens is 274 g/mol. The number of carbonyl (C=O) groups excluding carboxylic acids is 1. The molecule has 1 amide bonds. The molecule has 0 fully saturated rings. The first-order chi connectivity index (χ1) is 9.61. The molecule has 0 bridgehead atoms. The summed E-state index contributed by atoms with van der Waals surface area (Å²) in [5.41, 5.74) is -0.442. The van der Waals surface area contributed by atoms with Crippen LogP contribution in [0.2, 0.25) is 0 Å². The maximum absolute atomic E-state index is 12.0. The van der Waals surface area contributed by atoms with E-state index >= 15 is 0 Å². The minimum atomic E-state index is -0.994. The van der Waals surface area contributed by atoms with Gasteiger partial charge < -0.3 is 20.6 Å². The van der Waals surface area contributed by atoms with Crippen LogP contribution < -0.4 is 5.32 Å². The lowest BCUT2D eigenvalue weighted by Gasteiger charge is -2.23. The number of phenols is 2. The van der Waals surface area contributed by atoms with Gasteiger partial charge in [0.05, 0.1) is 5.92 Å². The number of aliphatic carboxylic acids is 1. The van der Waals surface area contributed by atoms with Crippen molar-refractivity contribution in [3.05, 3.63) is 23.8 Å². The van der Waals surface area contributed by atoms with Gasteiger partial charge in [0.15, 0.2) is 0 Å². The van der Waals surface area contributed by atoms with Crippen molar-refractivity contribution >= 4 is 11.9 Å². The second-order valence-corrected chi connectivity index (χ2v) is 6.18. The minimum Gasteiger partial charge on any atom is -0.507 e. The van der Waals surface area contributed by atoms with Gasteiger partial charge in [0, 0.05) is 6.54 Å². The summed E-state index contributed by atoms with van der Waals surface area (Å²) < 4.78 is 0. The zero-order valence-electron chi connectivity index (χ0n) is 12.4. The number of carboxylic acids is 1. The highest BCUT2D eigenvalue weighted by Gasteiger charge is 2.26. The molecule has 1 atom stereocenters. The molecule has 1 aromatic carbocycles. The van der Waals surface area contributed by atoms with Crippen LogP contribution in [0.4, 0.5) is 0 Å². The van der Waals surface area contributed by atoms with Crippen LogP contribution in [-0.2, 0) is 4.79 Å². The standard InChI is InChI=1S/C15H21NO5/c1-15(2,3)7-9(14(20)21)8-16-13(19)12-10(17)5-4-6-11(12)18/h4-6,9,17-18H,7-8H2,1-3H3,(H,16,19)(H,20,21). The maximum atomic E-state index is 12.0. The average molecular weight is 295 g/mol. The molecule has 0 aliphatic heterocycles. The normalized spacial score (nSPS) is 12.7. The van der Waals surface area contributed by atoms with Crippen molar-refractivity contribution < 1.29 is 24.9 Å². The third kappa shape index (κ3) is 4.98. The van der Waals surface area contributed by atoms with Gasteiger partial charge in [0.25, 0.3) is 5.91 Å². The first-order valence-corrected chi connectivity index (χ1v) is 6.64. The molecule has 0 spiro atoms. The molecule has 6 heteroatoms. The lowest BCUT2D eigenvalue weighted by molar-refractivity contribution is -0.142. The van der Waals surface area contributed by atoms with Crippen molar-refractivity contribution in [3.8, 4) is 11.5 Å². The summed E-state index contributed by atoms with van der Waals surface area (Å²) in [5.74, 6) is -3.13. The highest BCUT2D eigenvalue weighted by molar-refractivity contribution is 5.99. The van der Waals surface area contributed by atoms with Crippen molar-refractivity contribution in [1.29, 1.82) is 0 Å². The third-order valence-corrected chi connectivity index (χ3v) is 2.96. The highest BCUT2D eigenvalue weighted by Crippen LogP contribution is 2.27. The van der Waals surface area contributed by atoms with E-state index in [1.807, 2.05) is 20.8 Å². The summed E-state index contributed by atoms with van der Waals surface area (Å²) in [6.07, 6.45) is 0.398. The molecule has 0 aliphatic carbocycles. The van der Waals surface area contributed by atoms with Crippen molar-refractivity contribution in [1.82, 2.24) is 5.32 Å². The molecule has 0 aromatic heterocycles. The molecule has 0 radical (unpaired) electrons. The Morgan fingerprint density at radius 3 is 2.14 bits per heavy atom. The van der Waals surface area contributed by atoms with Crippen molar-refractivity contribution in [2.75, 3.05) is 6.54 Å². The molecular formula is C15H21NO5. The van der Waals surface area contributed by atoms with Crippen LogP contribution in [0.15, 0.2) is 18.2 Å². The zero-order chi connectivity index (χ0) is 16.2. The lowest BCUT2D eigenvalue weighted by atomic mass is 9.84. The summed E-state index contributed by atoms with van der Waals surface area (Å²) in [6, 6.07) is 3.96. The van der Waals surface area contributed by atoms with Crippen LogP contribution in [0.5, 0.6) is 11.5 Å². The molecule has 1 rings (SSSR count). The molecule has 1 unspecified atom stereocenters. The van der Waals surface area contributed by atoms with Gasteiger partial charge in [0.1, 0.15) is 17.1 Å². The number of carbonyl (C=O) groups is 2. The van der Waals surface area contributed by atoms with E-state index in [1.165, 1.54) is 18.2 Å². The van der Waals surface area contributed by atoms with Crippen LogP contribution in [0.1, 0.15) is 37.6 Å². The number of benzene rings is 1. The molecule has 0 saturated carbocycles. The predicted molar refractivity (Wildman–Crippen MR) is 77.3 cm³/mol. The van der Waals surface area contributed by atoms with Gasteiger partial charge in [0.2, 0.25) is 0 Å². The summed E-state index contributed by atoms with van der Waals surface area (Å²) in [6.45, 7) is 5.68. The van der Waals surface area contributed by atoms with E-state index in [2.05, 4.69) is 5.32 Å². The van der Waals surface area contributed by atoms with Crippen molar-refractivity contribution in [2.24, 2.45) is 11.3 Å². The van der Waals surface area contributed by atoms with E-state index in [9.17, 15) is 24.9 Å². The zero-order valence-corrected chi connectivity index (χ0v) is 12.4. The Bertz CT molecular complexity index is 513. The number of phenolic OH excluding ortho intramolecular Hbond substituents is 2. The summed E-state index contributed by atoms with van der Waals surface area (Å²) in [4.78, 5) is 23.2. The van der Waals surface area contributed by atoms with Gasteiger partial charge >= 0.3 is 5.97 Å². The topological polar surface area (TPSA) is 107 Å². The molecule has 0 heterocycles.